The summed E-state index contributed by atoms with van der Waals surface area (Å²) in [7, 11) is 1.49. The zero-order chi connectivity index (χ0) is 19.4. The van der Waals surface area contributed by atoms with Crippen LogP contribution in [0.15, 0.2) is 42.9 Å². The molecule has 0 radical (unpaired) electrons. The van der Waals surface area contributed by atoms with E-state index in [1.54, 1.807) is 30.5 Å². The van der Waals surface area contributed by atoms with Crippen LogP contribution in [0, 0.1) is 17.0 Å². The monoisotopic (exact) mass is 386 g/mol. The van der Waals surface area contributed by atoms with Gasteiger partial charge in [0.25, 0.3) is 0 Å². The fourth-order valence-electron chi connectivity index (χ4n) is 2.37. The molecule has 2 N–H and O–H groups in total. The molecule has 0 aliphatic heterocycles. The van der Waals surface area contributed by atoms with E-state index in [1.165, 1.54) is 13.4 Å². The number of aromatic nitrogens is 3. The Morgan fingerprint density at radius 2 is 1.85 bits per heavy atom. The van der Waals surface area contributed by atoms with Crippen molar-refractivity contribution >= 4 is 40.4 Å². The second-order valence-electron chi connectivity index (χ2n) is 5.49. The first-order valence-corrected chi connectivity index (χ1v) is 8.15. The van der Waals surface area contributed by atoms with Crippen molar-refractivity contribution in [2.45, 2.75) is 6.92 Å². The molecule has 10 heteroatoms. The molecule has 138 valence electrons. The molecule has 3 rings (SSSR count). The van der Waals surface area contributed by atoms with E-state index < -0.39 is 4.92 Å². The number of pyridine rings is 1. The van der Waals surface area contributed by atoms with Gasteiger partial charge in [-0.05, 0) is 42.8 Å². The smallest absolute Gasteiger partial charge is 0.353 e. The Bertz CT molecular complexity index is 998. The minimum Gasteiger partial charge on any atom is -0.495 e. The molecule has 27 heavy (non-hydrogen) atoms. The summed E-state index contributed by atoms with van der Waals surface area (Å²) >= 11 is 6.01. The van der Waals surface area contributed by atoms with Crippen LogP contribution in [0.1, 0.15) is 5.56 Å². The quantitative estimate of drug-likeness (QED) is 0.477. The van der Waals surface area contributed by atoms with Gasteiger partial charge in [-0.15, -0.1) is 0 Å². The van der Waals surface area contributed by atoms with E-state index in [0.717, 1.165) is 5.56 Å². The number of nitro groups is 1. The van der Waals surface area contributed by atoms with Crippen molar-refractivity contribution < 1.29 is 9.66 Å². The predicted molar refractivity (Wildman–Crippen MR) is 102 cm³/mol. The Labute approximate surface area is 159 Å². The SMILES string of the molecule is COc1ccc(Cl)cc1Nc1ncnc(Nc2cc(C)ccn2)c1[N+](=O)[O-]. The first kappa shape index (κ1) is 18.3. The first-order chi connectivity index (χ1) is 13.0. The summed E-state index contributed by atoms with van der Waals surface area (Å²) in [5.41, 5.74) is 1.06. The van der Waals surface area contributed by atoms with Crippen molar-refractivity contribution in [2.75, 3.05) is 17.7 Å². The predicted octanol–water partition coefficient (Wildman–Crippen LogP) is 4.24. The molecule has 2 aromatic heterocycles. The average Bonchev–Trinajstić information content (AvgIpc) is 2.62. The van der Waals surface area contributed by atoms with Crippen LogP contribution in [0.3, 0.4) is 0 Å². The van der Waals surface area contributed by atoms with Crippen LogP contribution >= 0.6 is 11.6 Å². The van der Waals surface area contributed by atoms with Crippen LogP contribution in [-0.4, -0.2) is 27.0 Å². The number of hydrogen-bond donors (Lipinski definition) is 2. The van der Waals surface area contributed by atoms with Gasteiger partial charge in [0.15, 0.2) is 0 Å². The highest BCUT2D eigenvalue weighted by molar-refractivity contribution is 6.31. The van der Waals surface area contributed by atoms with E-state index >= 15 is 0 Å². The zero-order valence-corrected chi connectivity index (χ0v) is 15.2. The van der Waals surface area contributed by atoms with E-state index in [-0.39, 0.29) is 17.3 Å². The number of benzene rings is 1. The summed E-state index contributed by atoms with van der Waals surface area (Å²) < 4.78 is 5.25. The fraction of sp³-hybridized carbons (Fsp3) is 0.118. The summed E-state index contributed by atoms with van der Waals surface area (Å²) in [6, 6.07) is 8.45. The van der Waals surface area contributed by atoms with E-state index in [0.29, 0.717) is 22.3 Å². The number of hydrogen-bond acceptors (Lipinski definition) is 8. The van der Waals surface area contributed by atoms with Gasteiger partial charge in [-0.1, -0.05) is 11.6 Å². The molecule has 2 heterocycles. The summed E-state index contributed by atoms with van der Waals surface area (Å²) in [6.07, 6.45) is 2.81. The molecule has 0 aliphatic rings. The first-order valence-electron chi connectivity index (χ1n) is 7.77. The Balaban J connectivity index is 2.02. The fourth-order valence-corrected chi connectivity index (χ4v) is 2.54. The van der Waals surface area contributed by atoms with Gasteiger partial charge in [0.2, 0.25) is 11.6 Å². The largest absolute Gasteiger partial charge is 0.495 e. The Morgan fingerprint density at radius 1 is 1.11 bits per heavy atom. The highest BCUT2D eigenvalue weighted by Gasteiger charge is 2.24. The number of ether oxygens (including phenoxy) is 1. The van der Waals surface area contributed by atoms with Gasteiger partial charge in [0.05, 0.1) is 17.7 Å². The normalized spacial score (nSPS) is 10.3. The number of nitrogens with one attached hydrogen (secondary N) is 2. The highest BCUT2D eigenvalue weighted by atomic mass is 35.5. The lowest BCUT2D eigenvalue weighted by molar-refractivity contribution is -0.383. The zero-order valence-electron chi connectivity index (χ0n) is 14.4. The lowest BCUT2D eigenvalue weighted by Gasteiger charge is -2.12. The third-order valence-corrected chi connectivity index (χ3v) is 3.82. The Hall–Kier alpha value is -3.46. The topological polar surface area (TPSA) is 115 Å². The van der Waals surface area contributed by atoms with Crippen molar-refractivity contribution in [1.29, 1.82) is 0 Å². The summed E-state index contributed by atoms with van der Waals surface area (Å²) in [6.45, 7) is 1.89. The lowest BCUT2D eigenvalue weighted by Crippen LogP contribution is -2.06. The van der Waals surface area contributed by atoms with Crippen LogP contribution in [-0.2, 0) is 0 Å². The number of nitrogens with zero attached hydrogens (tertiary/aromatic N) is 4. The molecule has 0 fully saturated rings. The molecule has 0 bridgehead atoms. The molecular formula is C17H15ClN6O3. The van der Waals surface area contributed by atoms with Crippen molar-refractivity contribution in [1.82, 2.24) is 15.0 Å². The molecule has 0 atom stereocenters. The maximum atomic E-state index is 11.7. The summed E-state index contributed by atoms with van der Waals surface area (Å²) in [5.74, 6) is 0.896. The number of anilines is 4. The number of halogens is 1. The van der Waals surface area contributed by atoms with Gasteiger partial charge in [0.1, 0.15) is 17.9 Å². The number of rotatable bonds is 6. The van der Waals surface area contributed by atoms with Crippen molar-refractivity contribution in [3.63, 3.8) is 0 Å². The van der Waals surface area contributed by atoms with Gasteiger partial charge in [-0.25, -0.2) is 15.0 Å². The maximum absolute atomic E-state index is 11.7. The molecule has 0 spiro atoms. The molecule has 0 saturated heterocycles. The standard InChI is InChI=1S/C17H15ClN6O3/c1-10-5-6-19-14(7-10)23-17-15(24(25)26)16(20-9-21-17)22-12-8-11(18)3-4-13(12)27-2/h3-9H,1-2H3,(H2,19,20,21,22,23). The lowest BCUT2D eigenvalue weighted by atomic mass is 10.2. The molecule has 9 nitrogen and oxygen atoms in total. The molecule has 1 aromatic carbocycles. The van der Waals surface area contributed by atoms with Gasteiger partial charge < -0.3 is 15.4 Å². The second-order valence-corrected chi connectivity index (χ2v) is 5.93. The van der Waals surface area contributed by atoms with Gasteiger partial charge in [-0.3, -0.25) is 10.1 Å². The molecule has 0 amide bonds. The maximum Gasteiger partial charge on any atom is 0.353 e. The van der Waals surface area contributed by atoms with Crippen LogP contribution in [0.5, 0.6) is 5.75 Å². The van der Waals surface area contributed by atoms with Crippen molar-refractivity contribution in [3.8, 4) is 5.75 Å². The molecule has 3 aromatic rings. The van der Waals surface area contributed by atoms with E-state index in [9.17, 15) is 10.1 Å². The van der Waals surface area contributed by atoms with Crippen molar-refractivity contribution in [3.05, 3.63) is 63.6 Å². The van der Waals surface area contributed by atoms with E-state index in [2.05, 4.69) is 25.6 Å². The Kier molecular flexibility index (Phi) is 5.32. The van der Waals surface area contributed by atoms with Crippen molar-refractivity contribution in [2.24, 2.45) is 0 Å². The third kappa shape index (κ3) is 4.21. The minimum atomic E-state index is -0.572. The van der Waals surface area contributed by atoms with E-state index in [1.807, 2.05) is 13.0 Å². The van der Waals surface area contributed by atoms with E-state index in [4.69, 9.17) is 16.3 Å². The molecule has 0 unspecified atom stereocenters. The molecule has 0 aliphatic carbocycles. The third-order valence-electron chi connectivity index (χ3n) is 3.58. The van der Waals surface area contributed by atoms with Crippen LogP contribution in [0.25, 0.3) is 0 Å². The summed E-state index contributed by atoms with van der Waals surface area (Å²) in [5, 5.41) is 17.9. The van der Waals surface area contributed by atoms with Gasteiger partial charge in [-0.2, -0.15) is 0 Å². The molecular weight excluding hydrogens is 372 g/mol. The van der Waals surface area contributed by atoms with Crippen LogP contribution in [0.2, 0.25) is 5.02 Å². The average molecular weight is 387 g/mol. The minimum absolute atomic E-state index is 0.00859. The summed E-state index contributed by atoms with van der Waals surface area (Å²) in [4.78, 5) is 23.2. The number of aryl methyl sites for hydroxylation is 1. The second kappa shape index (κ2) is 7.83. The van der Waals surface area contributed by atoms with Gasteiger partial charge >= 0.3 is 5.69 Å². The molecule has 0 saturated carbocycles. The Morgan fingerprint density at radius 3 is 2.52 bits per heavy atom. The number of methoxy groups -OCH3 is 1. The van der Waals surface area contributed by atoms with Crippen LogP contribution < -0.4 is 15.4 Å². The van der Waals surface area contributed by atoms with Gasteiger partial charge in [0, 0.05) is 11.2 Å². The highest BCUT2D eigenvalue weighted by Crippen LogP contribution is 2.36. The van der Waals surface area contributed by atoms with Crippen LogP contribution in [0.4, 0.5) is 28.8 Å².